The Labute approximate surface area is 115 Å². The molecular weight excluding hydrogens is 238 g/mol. The number of nitrogens with one attached hydrogen (secondary N) is 1. The van der Waals surface area contributed by atoms with Gasteiger partial charge in [-0.15, -0.1) is 11.3 Å². The van der Waals surface area contributed by atoms with Gasteiger partial charge in [0.1, 0.15) is 0 Å². The first kappa shape index (κ1) is 12.7. The summed E-state index contributed by atoms with van der Waals surface area (Å²) >= 11 is 2.04. The number of aryl methyl sites for hydroxylation is 1. The van der Waals surface area contributed by atoms with Gasteiger partial charge in [-0.2, -0.15) is 0 Å². The molecule has 0 amide bonds. The van der Waals surface area contributed by atoms with Crippen molar-refractivity contribution < 1.29 is 0 Å². The van der Waals surface area contributed by atoms with E-state index in [4.69, 9.17) is 0 Å². The maximum Gasteiger partial charge on any atom is 0.00684 e. The number of rotatable bonds is 6. The summed E-state index contributed by atoms with van der Waals surface area (Å²) in [7, 11) is 0. The Morgan fingerprint density at radius 3 is 2.56 bits per heavy atom. The molecule has 0 bridgehead atoms. The normalized spacial score (nSPS) is 22.5. The van der Waals surface area contributed by atoms with Crippen molar-refractivity contribution >= 4 is 11.3 Å². The number of hydrogen-bond acceptors (Lipinski definition) is 2. The largest absolute Gasteiger partial charge is 0.313 e. The highest BCUT2D eigenvalue weighted by atomic mass is 32.1. The Hall–Kier alpha value is -0.340. The Kier molecular flexibility index (Phi) is 3.76. The van der Waals surface area contributed by atoms with E-state index in [1.165, 1.54) is 57.9 Å². The second kappa shape index (κ2) is 5.34. The molecule has 18 heavy (non-hydrogen) atoms. The molecule has 0 aromatic carbocycles. The van der Waals surface area contributed by atoms with Crippen LogP contribution in [0, 0.1) is 5.41 Å². The van der Waals surface area contributed by atoms with Crippen LogP contribution in [0.3, 0.4) is 0 Å². The van der Waals surface area contributed by atoms with Crippen LogP contribution in [0.1, 0.15) is 55.2 Å². The van der Waals surface area contributed by atoms with Crippen molar-refractivity contribution in [3.8, 4) is 0 Å². The van der Waals surface area contributed by atoms with Crippen molar-refractivity contribution in [1.29, 1.82) is 0 Å². The monoisotopic (exact) mass is 263 g/mol. The molecule has 0 saturated heterocycles. The summed E-state index contributed by atoms with van der Waals surface area (Å²) in [5.41, 5.74) is 0.582. The molecule has 100 valence electrons. The van der Waals surface area contributed by atoms with Gasteiger partial charge in [-0.25, -0.2) is 0 Å². The predicted octanol–water partition coefficient (Wildman–Crippen LogP) is 4.17. The first-order valence-electron chi connectivity index (χ1n) is 7.61. The highest BCUT2D eigenvalue weighted by Crippen LogP contribution is 2.42. The molecule has 0 aliphatic heterocycles. The quantitative estimate of drug-likeness (QED) is 0.812. The zero-order chi connectivity index (χ0) is 12.4. The van der Waals surface area contributed by atoms with Crippen molar-refractivity contribution in [2.45, 2.75) is 64.3 Å². The molecule has 2 aliphatic carbocycles. The molecule has 2 fully saturated rings. The van der Waals surface area contributed by atoms with Gasteiger partial charge in [0.15, 0.2) is 0 Å². The molecule has 1 aromatic heterocycles. The summed E-state index contributed by atoms with van der Waals surface area (Å²) in [4.78, 5) is 3.17. The average Bonchev–Trinajstić information content (AvgIpc) is 2.93. The van der Waals surface area contributed by atoms with Gasteiger partial charge in [0.25, 0.3) is 0 Å². The minimum atomic E-state index is 0.582. The third kappa shape index (κ3) is 2.97. The minimum Gasteiger partial charge on any atom is -0.313 e. The van der Waals surface area contributed by atoms with Crippen LogP contribution in [0.4, 0.5) is 0 Å². The van der Waals surface area contributed by atoms with E-state index < -0.39 is 0 Å². The minimum absolute atomic E-state index is 0.582. The molecule has 0 spiro atoms. The second-order valence-corrected chi connectivity index (χ2v) is 7.51. The molecule has 1 N–H and O–H groups in total. The van der Waals surface area contributed by atoms with E-state index in [0.717, 1.165) is 6.04 Å². The summed E-state index contributed by atoms with van der Waals surface area (Å²) in [6.07, 6.45) is 11.1. The Morgan fingerprint density at radius 1 is 1.22 bits per heavy atom. The third-order valence-corrected chi connectivity index (χ3v) is 5.85. The van der Waals surface area contributed by atoms with Crippen LogP contribution in [0.15, 0.2) is 12.1 Å². The fourth-order valence-corrected chi connectivity index (χ4v) is 4.40. The van der Waals surface area contributed by atoms with Crippen LogP contribution >= 0.6 is 11.3 Å². The molecule has 3 rings (SSSR count). The average molecular weight is 263 g/mol. The number of thiophene rings is 1. The van der Waals surface area contributed by atoms with E-state index in [-0.39, 0.29) is 0 Å². The van der Waals surface area contributed by atoms with E-state index in [9.17, 15) is 0 Å². The van der Waals surface area contributed by atoms with Gasteiger partial charge in [0.05, 0.1) is 0 Å². The van der Waals surface area contributed by atoms with Crippen LogP contribution in [0.2, 0.25) is 0 Å². The van der Waals surface area contributed by atoms with Gasteiger partial charge < -0.3 is 5.32 Å². The summed E-state index contributed by atoms with van der Waals surface area (Å²) in [5, 5.41) is 3.79. The standard InChI is InChI=1S/C16H25NS/c1-2-14-7-8-15(18-14)11-16(9-3-4-10-16)12-17-13-5-6-13/h7-8,13,17H,2-6,9-12H2,1H3. The molecule has 1 nitrogen and oxygen atoms in total. The van der Waals surface area contributed by atoms with E-state index in [2.05, 4.69) is 24.4 Å². The van der Waals surface area contributed by atoms with E-state index >= 15 is 0 Å². The summed E-state index contributed by atoms with van der Waals surface area (Å²) in [6.45, 7) is 3.52. The van der Waals surface area contributed by atoms with Crippen molar-refractivity contribution in [2.75, 3.05) is 6.54 Å². The first-order valence-corrected chi connectivity index (χ1v) is 8.42. The topological polar surface area (TPSA) is 12.0 Å². The van der Waals surface area contributed by atoms with Crippen LogP contribution < -0.4 is 5.32 Å². The fraction of sp³-hybridized carbons (Fsp3) is 0.750. The lowest BCUT2D eigenvalue weighted by atomic mass is 9.82. The lowest BCUT2D eigenvalue weighted by Gasteiger charge is -2.29. The number of hydrogen-bond donors (Lipinski definition) is 1. The van der Waals surface area contributed by atoms with Crippen molar-refractivity contribution in [2.24, 2.45) is 5.41 Å². The molecule has 0 unspecified atom stereocenters. The summed E-state index contributed by atoms with van der Waals surface area (Å²) < 4.78 is 0. The van der Waals surface area contributed by atoms with Crippen LogP contribution in [-0.2, 0) is 12.8 Å². The molecule has 2 heteroatoms. The van der Waals surface area contributed by atoms with Gasteiger partial charge in [-0.3, -0.25) is 0 Å². The highest BCUT2D eigenvalue weighted by Gasteiger charge is 2.35. The van der Waals surface area contributed by atoms with Gasteiger partial charge in [-0.05, 0) is 56.1 Å². The smallest absolute Gasteiger partial charge is 0.00684 e. The maximum absolute atomic E-state index is 3.79. The van der Waals surface area contributed by atoms with Crippen molar-refractivity contribution in [3.63, 3.8) is 0 Å². The van der Waals surface area contributed by atoms with Crippen LogP contribution in [-0.4, -0.2) is 12.6 Å². The fourth-order valence-electron chi connectivity index (χ4n) is 3.27. The summed E-state index contributed by atoms with van der Waals surface area (Å²) in [6, 6.07) is 5.56. The van der Waals surface area contributed by atoms with Crippen molar-refractivity contribution in [3.05, 3.63) is 21.9 Å². The third-order valence-electron chi connectivity index (χ3n) is 4.62. The maximum atomic E-state index is 3.79. The lowest BCUT2D eigenvalue weighted by Crippen LogP contribution is -2.34. The molecule has 2 saturated carbocycles. The molecule has 0 radical (unpaired) electrons. The Balaban J connectivity index is 1.64. The van der Waals surface area contributed by atoms with Crippen LogP contribution in [0.5, 0.6) is 0 Å². The molecule has 2 aliphatic rings. The lowest BCUT2D eigenvalue weighted by molar-refractivity contribution is 0.278. The first-order chi connectivity index (χ1) is 8.80. The molecular formula is C16H25NS. The van der Waals surface area contributed by atoms with E-state index in [1.807, 2.05) is 11.3 Å². The Bertz CT molecular complexity index is 386. The van der Waals surface area contributed by atoms with Gasteiger partial charge in [0.2, 0.25) is 0 Å². The molecule has 0 atom stereocenters. The van der Waals surface area contributed by atoms with Gasteiger partial charge >= 0.3 is 0 Å². The Morgan fingerprint density at radius 2 is 1.94 bits per heavy atom. The summed E-state index contributed by atoms with van der Waals surface area (Å²) in [5.74, 6) is 0. The predicted molar refractivity (Wildman–Crippen MR) is 79.3 cm³/mol. The van der Waals surface area contributed by atoms with Crippen LogP contribution in [0.25, 0.3) is 0 Å². The SMILES string of the molecule is CCc1ccc(CC2(CNC3CC3)CCCC2)s1. The van der Waals surface area contributed by atoms with Crippen molar-refractivity contribution in [1.82, 2.24) is 5.32 Å². The molecule has 1 heterocycles. The molecule has 1 aromatic rings. The van der Waals surface area contributed by atoms with E-state index in [0.29, 0.717) is 5.41 Å². The second-order valence-electron chi connectivity index (χ2n) is 6.26. The zero-order valence-electron chi connectivity index (χ0n) is 11.5. The van der Waals surface area contributed by atoms with Gasteiger partial charge in [-0.1, -0.05) is 19.8 Å². The highest BCUT2D eigenvalue weighted by molar-refractivity contribution is 7.11. The zero-order valence-corrected chi connectivity index (χ0v) is 12.3. The van der Waals surface area contributed by atoms with E-state index in [1.54, 1.807) is 9.75 Å². The van der Waals surface area contributed by atoms with Gasteiger partial charge in [0, 0.05) is 22.3 Å².